The van der Waals surface area contributed by atoms with Crippen molar-refractivity contribution in [1.29, 1.82) is 0 Å². The second-order valence-electron chi connectivity index (χ2n) is 5.14. The Balaban J connectivity index is 2.19. The van der Waals surface area contributed by atoms with E-state index in [1.165, 1.54) is 6.42 Å². The summed E-state index contributed by atoms with van der Waals surface area (Å²) in [4.78, 5) is 11.2. The van der Waals surface area contributed by atoms with Gasteiger partial charge in [0.2, 0.25) is 5.95 Å². The molecule has 0 amide bonds. The van der Waals surface area contributed by atoms with Gasteiger partial charge in [-0.2, -0.15) is 4.98 Å². The highest BCUT2D eigenvalue weighted by molar-refractivity contribution is 5.46. The first kappa shape index (κ1) is 14.1. The second kappa shape index (κ2) is 6.70. The Morgan fingerprint density at radius 2 is 2.26 bits per heavy atom. The molecular formula is C14H24N4O. The Morgan fingerprint density at radius 1 is 1.42 bits per heavy atom. The number of aliphatic hydroxyl groups excluding tert-OH is 1. The minimum Gasteiger partial charge on any atom is -0.394 e. The molecule has 0 spiro atoms. The van der Waals surface area contributed by atoms with Gasteiger partial charge >= 0.3 is 0 Å². The molecule has 0 aliphatic carbocycles. The maximum absolute atomic E-state index is 9.50. The summed E-state index contributed by atoms with van der Waals surface area (Å²) in [5, 5.41) is 12.7. The van der Waals surface area contributed by atoms with Crippen LogP contribution in [0.1, 0.15) is 38.3 Å². The number of nitrogens with one attached hydrogen (secondary N) is 1. The normalized spacial score (nSPS) is 19.5. The summed E-state index contributed by atoms with van der Waals surface area (Å²) >= 11 is 0. The van der Waals surface area contributed by atoms with Crippen LogP contribution in [0.4, 0.5) is 11.8 Å². The summed E-state index contributed by atoms with van der Waals surface area (Å²) in [6.45, 7) is 6.15. The van der Waals surface area contributed by atoms with E-state index in [1.807, 2.05) is 13.0 Å². The molecule has 1 unspecified atom stereocenters. The number of aryl methyl sites for hydroxylation is 1. The number of rotatable bonds is 5. The number of anilines is 2. The minimum absolute atomic E-state index is 0.195. The average Bonchev–Trinajstić information content (AvgIpc) is 2.44. The Bertz CT molecular complexity index is 410. The van der Waals surface area contributed by atoms with Gasteiger partial charge < -0.3 is 15.3 Å². The SMILES string of the molecule is CCCNc1nc(C)cc(N2CCCCC2CO)n1. The lowest BCUT2D eigenvalue weighted by Gasteiger charge is -2.35. The fraction of sp³-hybridized carbons (Fsp3) is 0.714. The highest BCUT2D eigenvalue weighted by Crippen LogP contribution is 2.24. The van der Waals surface area contributed by atoms with Crippen LogP contribution in [0.3, 0.4) is 0 Å². The number of aliphatic hydroxyl groups is 1. The third kappa shape index (κ3) is 3.56. The average molecular weight is 264 g/mol. The Labute approximate surface area is 115 Å². The van der Waals surface area contributed by atoms with Crippen LogP contribution in [0.2, 0.25) is 0 Å². The number of piperidine rings is 1. The second-order valence-corrected chi connectivity index (χ2v) is 5.14. The standard InChI is InChI=1S/C14H24N4O/c1-3-7-15-14-16-11(2)9-13(17-14)18-8-5-4-6-12(18)10-19/h9,12,19H,3-8,10H2,1-2H3,(H,15,16,17). The van der Waals surface area contributed by atoms with Gasteiger partial charge in [0.15, 0.2) is 0 Å². The fourth-order valence-electron chi connectivity index (χ4n) is 2.51. The van der Waals surface area contributed by atoms with Crippen molar-refractivity contribution in [3.63, 3.8) is 0 Å². The third-order valence-corrected chi connectivity index (χ3v) is 3.51. The number of hydrogen-bond acceptors (Lipinski definition) is 5. The van der Waals surface area contributed by atoms with E-state index in [2.05, 4.69) is 27.1 Å². The Morgan fingerprint density at radius 3 is 3.00 bits per heavy atom. The van der Waals surface area contributed by atoms with E-state index in [1.54, 1.807) is 0 Å². The van der Waals surface area contributed by atoms with Crippen LogP contribution < -0.4 is 10.2 Å². The molecule has 5 nitrogen and oxygen atoms in total. The van der Waals surface area contributed by atoms with E-state index in [0.29, 0.717) is 5.95 Å². The molecule has 19 heavy (non-hydrogen) atoms. The van der Waals surface area contributed by atoms with Crippen molar-refractivity contribution in [1.82, 2.24) is 9.97 Å². The lowest BCUT2D eigenvalue weighted by atomic mass is 10.0. The smallest absolute Gasteiger partial charge is 0.224 e. The van der Waals surface area contributed by atoms with Gasteiger partial charge in [-0.25, -0.2) is 4.98 Å². The lowest BCUT2D eigenvalue weighted by molar-refractivity contribution is 0.239. The molecule has 0 saturated carbocycles. The van der Waals surface area contributed by atoms with Crippen LogP contribution >= 0.6 is 0 Å². The molecule has 106 valence electrons. The van der Waals surface area contributed by atoms with Crippen molar-refractivity contribution >= 4 is 11.8 Å². The molecule has 1 aliphatic heterocycles. The van der Waals surface area contributed by atoms with Gasteiger partial charge in [-0.05, 0) is 32.6 Å². The quantitative estimate of drug-likeness (QED) is 0.851. The molecular weight excluding hydrogens is 240 g/mol. The highest BCUT2D eigenvalue weighted by Gasteiger charge is 2.23. The summed E-state index contributed by atoms with van der Waals surface area (Å²) in [6, 6.07) is 2.20. The van der Waals surface area contributed by atoms with Gasteiger partial charge in [-0.15, -0.1) is 0 Å². The van der Waals surface area contributed by atoms with Crippen LogP contribution in [-0.2, 0) is 0 Å². The summed E-state index contributed by atoms with van der Waals surface area (Å²) in [6.07, 6.45) is 4.44. The molecule has 1 fully saturated rings. The van der Waals surface area contributed by atoms with E-state index in [-0.39, 0.29) is 12.6 Å². The largest absolute Gasteiger partial charge is 0.394 e. The van der Waals surface area contributed by atoms with Gasteiger partial charge in [-0.1, -0.05) is 6.92 Å². The van der Waals surface area contributed by atoms with Gasteiger partial charge in [0.1, 0.15) is 5.82 Å². The molecule has 0 aromatic carbocycles. The summed E-state index contributed by atoms with van der Waals surface area (Å²) in [5.41, 5.74) is 0.964. The maximum atomic E-state index is 9.50. The van der Waals surface area contributed by atoms with E-state index < -0.39 is 0 Å². The van der Waals surface area contributed by atoms with Crippen molar-refractivity contribution in [2.45, 2.75) is 45.6 Å². The first-order chi connectivity index (χ1) is 9.24. The third-order valence-electron chi connectivity index (χ3n) is 3.51. The minimum atomic E-state index is 0.195. The van der Waals surface area contributed by atoms with Gasteiger partial charge in [0.05, 0.1) is 12.6 Å². The monoisotopic (exact) mass is 264 g/mol. The van der Waals surface area contributed by atoms with Crippen LogP contribution in [0, 0.1) is 6.92 Å². The van der Waals surface area contributed by atoms with Crippen LogP contribution in [0.5, 0.6) is 0 Å². The molecule has 1 saturated heterocycles. The van der Waals surface area contributed by atoms with Crippen molar-refractivity contribution in [2.75, 3.05) is 29.9 Å². The first-order valence-corrected chi connectivity index (χ1v) is 7.21. The van der Waals surface area contributed by atoms with Crippen LogP contribution in [-0.4, -0.2) is 40.8 Å². The number of nitrogens with zero attached hydrogens (tertiary/aromatic N) is 3. The first-order valence-electron chi connectivity index (χ1n) is 7.21. The highest BCUT2D eigenvalue weighted by atomic mass is 16.3. The molecule has 5 heteroatoms. The van der Waals surface area contributed by atoms with E-state index in [0.717, 1.165) is 43.9 Å². The number of aromatic nitrogens is 2. The van der Waals surface area contributed by atoms with Crippen molar-refractivity contribution < 1.29 is 5.11 Å². The molecule has 1 aromatic heterocycles. The summed E-state index contributed by atoms with van der Waals surface area (Å²) in [5.74, 6) is 1.63. The molecule has 1 aromatic rings. The van der Waals surface area contributed by atoms with Crippen molar-refractivity contribution in [2.24, 2.45) is 0 Å². The molecule has 1 aliphatic rings. The predicted molar refractivity (Wildman–Crippen MR) is 77.6 cm³/mol. The zero-order valence-electron chi connectivity index (χ0n) is 11.9. The Hall–Kier alpha value is -1.36. The summed E-state index contributed by atoms with van der Waals surface area (Å²) < 4.78 is 0. The van der Waals surface area contributed by atoms with Crippen molar-refractivity contribution in [3.8, 4) is 0 Å². The van der Waals surface area contributed by atoms with Gasteiger partial charge in [-0.3, -0.25) is 0 Å². The molecule has 2 rings (SSSR count). The van der Waals surface area contributed by atoms with E-state index in [4.69, 9.17) is 0 Å². The zero-order chi connectivity index (χ0) is 13.7. The van der Waals surface area contributed by atoms with Crippen molar-refractivity contribution in [3.05, 3.63) is 11.8 Å². The molecule has 2 heterocycles. The van der Waals surface area contributed by atoms with Crippen LogP contribution in [0.15, 0.2) is 6.07 Å². The topological polar surface area (TPSA) is 61.3 Å². The lowest BCUT2D eigenvalue weighted by Crippen LogP contribution is -2.42. The zero-order valence-corrected chi connectivity index (χ0v) is 11.9. The Kier molecular flexibility index (Phi) is 4.96. The molecule has 2 N–H and O–H groups in total. The van der Waals surface area contributed by atoms with Gasteiger partial charge in [0, 0.05) is 24.8 Å². The molecule has 0 bridgehead atoms. The van der Waals surface area contributed by atoms with Gasteiger partial charge in [0.25, 0.3) is 0 Å². The molecule has 1 atom stereocenters. The summed E-state index contributed by atoms with van der Waals surface area (Å²) in [7, 11) is 0. The fourth-order valence-corrected chi connectivity index (χ4v) is 2.51. The molecule has 0 radical (unpaired) electrons. The van der Waals surface area contributed by atoms with E-state index in [9.17, 15) is 5.11 Å². The van der Waals surface area contributed by atoms with E-state index >= 15 is 0 Å². The maximum Gasteiger partial charge on any atom is 0.224 e. The number of hydrogen-bond donors (Lipinski definition) is 2. The predicted octanol–water partition coefficient (Wildman–Crippen LogP) is 1.96. The van der Waals surface area contributed by atoms with Crippen LogP contribution in [0.25, 0.3) is 0 Å².